The number of alkyl halides is 3. The summed E-state index contributed by atoms with van der Waals surface area (Å²) in [6, 6.07) is 22.6. The fourth-order valence-corrected chi connectivity index (χ4v) is 4.92. The van der Waals surface area contributed by atoms with E-state index in [1.807, 2.05) is 54.6 Å². The minimum absolute atomic E-state index is 0.0511. The van der Waals surface area contributed by atoms with Crippen LogP contribution >= 0.6 is 0 Å². The molecule has 6 nitrogen and oxygen atoms in total. The van der Waals surface area contributed by atoms with Crippen molar-refractivity contribution in [3.8, 4) is 11.5 Å². The second kappa shape index (κ2) is 10.8. The van der Waals surface area contributed by atoms with Crippen molar-refractivity contribution in [3.63, 3.8) is 0 Å². The molecule has 9 heteroatoms. The zero-order valence-electron chi connectivity index (χ0n) is 20.4. The van der Waals surface area contributed by atoms with E-state index in [9.17, 15) is 23.1 Å². The van der Waals surface area contributed by atoms with Gasteiger partial charge in [0.25, 0.3) is 0 Å². The van der Waals surface area contributed by atoms with Crippen molar-refractivity contribution in [1.29, 1.82) is 0 Å². The van der Waals surface area contributed by atoms with Crippen molar-refractivity contribution in [2.45, 2.75) is 30.3 Å². The number of para-hydroxylation sites is 2. The lowest BCUT2D eigenvalue weighted by atomic mass is 9.79. The molecule has 2 unspecified atom stereocenters. The fraction of sp³-hybridized carbons (Fsp3) is 0.321. The molecule has 3 aromatic rings. The highest BCUT2D eigenvalue weighted by Crippen LogP contribution is 2.47. The average Bonchev–Trinajstić information content (AvgIpc) is 3.29. The largest absolute Gasteiger partial charge is 0.496 e. The predicted octanol–water partition coefficient (Wildman–Crippen LogP) is 4.54. The molecule has 1 aliphatic heterocycles. The lowest BCUT2D eigenvalue weighted by molar-refractivity contribution is -0.188. The molecule has 0 bridgehead atoms. The molecule has 1 aliphatic rings. The molecule has 0 radical (unpaired) electrons. The summed E-state index contributed by atoms with van der Waals surface area (Å²) in [4.78, 5) is 12.8. The number of hydrogen-bond acceptors (Lipinski definition) is 5. The van der Waals surface area contributed by atoms with E-state index in [1.54, 1.807) is 24.3 Å². The highest BCUT2D eigenvalue weighted by molar-refractivity contribution is 5.82. The molecule has 3 aromatic carbocycles. The minimum Gasteiger partial charge on any atom is -0.496 e. The first kappa shape index (κ1) is 26.5. The fourth-order valence-electron chi connectivity index (χ4n) is 4.92. The van der Waals surface area contributed by atoms with Gasteiger partial charge in [0.1, 0.15) is 11.5 Å². The molecule has 1 saturated heterocycles. The summed E-state index contributed by atoms with van der Waals surface area (Å²) in [7, 11) is 3.04. The maximum Gasteiger partial charge on any atom is 0.471 e. The molecule has 0 spiro atoms. The molecule has 2 atom stereocenters. The second-order valence-electron chi connectivity index (χ2n) is 8.76. The Balaban J connectivity index is 1.89. The number of hydrogen-bond donors (Lipinski definition) is 1. The van der Waals surface area contributed by atoms with E-state index in [4.69, 9.17) is 14.2 Å². The third-order valence-electron chi connectivity index (χ3n) is 6.54. The molecule has 196 valence electrons. The molecule has 4 rings (SSSR count). The van der Waals surface area contributed by atoms with E-state index in [2.05, 4.69) is 0 Å². The predicted molar refractivity (Wildman–Crippen MR) is 130 cm³/mol. The van der Waals surface area contributed by atoms with E-state index in [0.29, 0.717) is 33.1 Å². The monoisotopic (exact) mass is 515 g/mol. The SMILES string of the molecule is COc1ccccc1C(OCC1CC(O)CN1C(=O)C(F)(F)F)(c1ccccc1)c1ccccc1OC. The third-order valence-corrected chi connectivity index (χ3v) is 6.54. The quantitative estimate of drug-likeness (QED) is 0.447. The summed E-state index contributed by atoms with van der Waals surface area (Å²) in [5.41, 5.74) is 0.484. The van der Waals surface area contributed by atoms with E-state index in [0.717, 1.165) is 0 Å². The highest BCUT2D eigenvalue weighted by atomic mass is 19.4. The number of carbonyl (C=O) groups excluding carboxylic acids is 1. The molecule has 1 fully saturated rings. The highest BCUT2D eigenvalue weighted by Gasteiger charge is 2.49. The Labute approximate surface area is 213 Å². The number of benzene rings is 3. The molecule has 0 aromatic heterocycles. The normalized spacial score (nSPS) is 18.1. The Hall–Kier alpha value is -3.56. The summed E-state index contributed by atoms with van der Waals surface area (Å²) in [5.74, 6) is -1.02. The van der Waals surface area contributed by atoms with Crippen LogP contribution in [0.15, 0.2) is 78.9 Å². The van der Waals surface area contributed by atoms with E-state index in [-0.39, 0.29) is 13.0 Å². The van der Waals surface area contributed by atoms with Gasteiger partial charge in [-0.25, -0.2) is 0 Å². The number of aliphatic hydroxyl groups is 1. The molecule has 37 heavy (non-hydrogen) atoms. The smallest absolute Gasteiger partial charge is 0.471 e. The number of β-amino-alcohol motifs (C(OH)–C–C–N with tert-alkyl or cyclic N) is 1. The lowest BCUT2D eigenvalue weighted by Crippen LogP contribution is -2.47. The number of methoxy groups -OCH3 is 2. The van der Waals surface area contributed by atoms with Gasteiger partial charge in [0.15, 0.2) is 5.60 Å². The Morgan fingerprint density at radius 3 is 1.92 bits per heavy atom. The van der Waals surface area contributed by atoms with Crippen LogP contribution in [0.25, 0.3) is 0 Å². The van der Waals surface area contributed by atoms with Gasteiger partial charge < -0.3 is 24.2 Å². The van der Waals surface area contributed by atoms with E-state index in [1.165, 1.54) is 14.2 Å². The van der Waals surface area contributed by atoms with Crippen LogP contribution in [-0.4, -0.2) is 61.6 Å². The minimum atomic E-state index is -5.07. The number of carbonyl (C=O) groups is 1. The number of amides is 1. The van der Waals surface area contributed by atoms with E-state index < -0.39 is 36.4 Å². The molecular weight excluding hydrogens is 487 g/mol. The van der Waals surface area contributed by atoms with Crippen LogP contribution in [0.4, 0.5) is 13.2 Å². The summed E-state index contributed by atoms with van der Waals surface area (Å²) in [6.45, 7) is -0.710. The van der Waals surface area contributed by atoms with Gasteiger partial charge in [-0.05, 0) is 24.1 Å². The zero-order chi connectivity index (χ0) is 26.6. The number of rotatable bonds is 8. The van der Waals surface area contributed by atoms with Crippen molar-refractivity contribution < 1.29 is 37.3 Å². The standard InChI is InChI=1S/C28H28F3NO5/c1-35-24-14-8-6-12-22(24)27(19-10-4-3-5-11-19,23-13-7-9-15-25(23)36-2)37-18-20-16-21(33)17-32(20)26(34)28(29,30)31/h3-15,20-21,33H,16-18H2,1-2H3. The maximum atomic E-state index is 13.3. The number of ether oxygens (including phenoxy) is 3. The van der Waals surface area contributed by atoms with Crippen LogP contribution in [0.5, 0.6) is 11.5 Å². The first-order valence-electron chi connectivity index (χ1n) is 11.7. The molecular formula is C28H28F3NO5. The topological polar surface area (TPSA) is 68.2 Å². The Kier molecular flexibility index (Phi) is 7.75. The molecule has 1 heterocycles. The molecule has 0 saturated carbocycles. The van der Waals surface area contributed by atoms with Crippen molar-refractivity contribution in [2.75, 3.05) is 27.4 Å². The number of likely N-dealkylation sites (tertiary alicyclic amines) is 1. The number of nitrogens with zero attached hydrogens (tertiary/aromatic N) is 1. The van der Waals surface area contributed by atoms with Gasteiger partial charge in [0.05, 0.1) is 33.0 Å². The van der Waals surface area contributed by atoms with Crippen LogP contribution in [0.3, 0.4) is 0 Å². The molecule has 1 amide bonds. The molecule has 1 N–H and O–H groups in total. The van der Waals surface area contributed by atoms with Crippen LogP contribution in [0, 0.1) is 0 Å². The van der Waals surface area contributed by atoms with Gasteiger partial charge in [0.2, 0.25) is 0 Å². The van der Waals surface area contributed by atoms with Gasteiger partial charge in [0, 0.05) is 17.7 Å². The van der Waals surface area contributed by atoms with Crippen LogP contribution in [0.1, 0.15) is 23.1 Å². The summed E-state index contributed by atoms with van der Waals surface area (Å²) < 4.78 is 58.0. The summed E-state index contributed by atoms with van der Waals surface area (Å²) in [5, 5.41) is 10.2. The Morgan fingerprint density at radius 1 is 0.892 bits per heavy atom. The summed E-state index contributed by atoms with van der Waals surface area (Å²) in [6.07, 6.45) is -6.21. The zero-order valence-corrected chi connectivity index (χ0v) is 20.4. The first-order chi connectivity index (χ1) is 17.7. The second-order valence-corrected chi connectivity index (χ2v) is 8.76. The summed E-state index contributed by atoms with van der Waals surface area (Å²) >= 11 is 0. The third kappa shape index (κ3) is 5.14. The van der Waals surface area contributed by atoms with Crippen LogP contribution in [0.2, 0.25) is 0 Å². The average molecular weight is 516 g/mol. The van der Waals surface area contributed by atoms with E-state index >= 15 is 0 Å². The lowest BCUT2D eigenvalue weighted by Gasteiger charge is -2.39. The molecule has 0 aliphatic carbocycles. The van der Waals surface area contributed by atoms with Crippen LogP contribution < -0.4 is 9.47 Å². The Bertz CT molecular complexity index is 1170. The van der Waals surface area contributed by atoms with Crippen LogP contribution in [-0.2, 0) is 15.1 Å². The van der Waals surface area contributed by atoms with Gasteiger partial charge in [-0.1, -0.05) is 66.7 Å². The van der Waals surface area contributed by atoms with Gasteiger partial charge in [-0.15, -0.1) is 0 Å². The van der Waals surface area contributed by atoms with Gasteiger partial charge in [-0.3, -0.25) is 4.79 Å². The maximum absolute atomic E-state index is 13.3. The van der Waals surface area contributed by atoms with Gasteiger partial charge in [-0.2, -0.15) is 13.2 Å². The number of halogens is 3. The number of aliphatic hydroxyl groups excluding tert-OH is 1. The first-order valence-corrected chi connectivity index (χ1v) is 11.7. The van der Waals surface area contributed by atoms with Crippen molar-refractivity contribution in [1.82, 2.24) is 4.90 Å². The van der Waals surface area contributed by atoms with Crippen molar-refractivity contribution in [2.24, 2.45) is 0 Å². The van der Waals surface area contributed by atoms with Gasteiger partial charge >= 0.3 is 12.1 Å². The Morgan fingerprint density at radius 2 is 1.41 bits per heavy atom. The van der Waals surface area contributed by atoms with Crippen molar-refractivity contribution >= 4 is 5.91 Å². The van der Waals surface area contributed by atoms with Crippen molar-refractivity contribution in [3.05, 3.63) is 95.6 Å².